The van der Waals surface area contributed by atoms with Gasteiger partial charge in [0, 0.05) is 21.3 Å². The molecule has 106 valence electrons. The molecule has 0 bridgehead atoms. The van der Waals surface area contributed by atoms with Crippen molar-refractivity contribution in [1.29, 1.82) is 0 Å². The highest BCUT2D eigenvalue weighted by molar-refractivity contribution is 9.10. The van der Waals surface area contributed by atoms with Crippen molar-refractivity contribution < 1.29 is 9.90 Å². The SMILES string of the molecule is CC(O)C1CCN(CC(=O)NCc2cc(Br)cs2)C1. The number of hydrogen-bond donors (Lipinski definition) is 2. The predicted octanol–water partition coefficient (Wildman–Crippen LogP) is 1.83. The van der Waals surface area contributed by atoms with E-state index in [0.29, 0.717) is 19.0 Å². The van der Waals surface area contributed by atoms with Crippen LogP contribution in [0.1, 0.15) is 18.2 Å². The van der Waals surface area contributed by atoms with Gasteiger partial charge in [-0.05, 0) is 47.8 Å². The summed E-state index contributed by atoms with van der Waals surface area (Å²) in [6.45, 7) is 4.55. The maximum atomic E-state index is 11.8. The average molecular weight is 347 g/mol. The zero-order chi connectivity index (χ0) is 13.8. The van der Waals surface area contributed by atoms with Gasteiger partial charge >= 0.3 is 0 Å². The topological polar surface area (TPSA) is 52.6 Å². The van der Waals surface area contributed by atoms with E-state index in [9.17, 15) is 9.90 Å². The smallest absolute Gasteiger partial charge is 0.234 e. The number of carbonyl (C=O) groups is 1. The lowest BCUT2D eigenvalue weighted by atomic mass is 10.0. The first kappa shape index (κ1) is 15.0. The van der Waals surface area contributed by atoms with Crippen LogP contribution < -0.4 is 5.32 Å². The molecular formula is C13H19BrN2O2S. The number of likely N-dealkylation sites (tertiary alicyclic amines) is 1. The second kappa shape index (κ2) is 6.83. The van der Waals surface area contributed by atoms with E-state index in [4.69, 9.17) is 0 Å². The van der Waals surface area contributed by atoms with Crippen molar-refractivity contribution in [3.05, 3.63) is 20.8 Å². The molecule has 1 saturated heterocycles. The predicted molar refractivity (Wildman–Crippen MR) is 80.1 cm³/mol. The van der Waals surface area contributed by atoms with Gasteiger partial charge in [-0.1, -0.05) is 0 Å². The van der Waals surface area contributed by atoms with Gasteiger partial charge in [-0.2, -0.15) is 0 Å². The van der Waals surface area contributed by atoms with E-state index in [1.807, 2.05) is 18.4 Å². The maximum Gasteiger partial charge on any atom is 0.234 e. The number of rotatable bonds is 5. The lowest BCUT2D eigenvalue weighted by Gasteiger charge is -2.16. The zero-order valence-electron chi connectivity index (χ0n) is 10.9. The van der Waals surface area contributed by atoms with Crippen LogP contribution in [0, 0.1) is 5.92 Å². The molecule has 1 aromatic heterocycles. The Morgan fingerprint density at radius 2 is 2.53 bits per heavy atom. The number of hydrogen-bond acceptors (Lipinski definition) is 4. The summed E-state index contributed by atoms with van der Waals surface area (Å²) < 4.78 is 1.06. The molecule has 0 radical (unpaired) electrons. The van der Waals surface area contributed by atoms with Gasteiger partial charge in [0.2, 0.25) is 5.91 Å². The van der Waals surface area contributed by atoms with Crippen LogP contribution in [0.4, 0.5) is 0 Å². The minimum Gasteiger partial charge on any atom is -0.393 e. The largest absolute Gasteiger partial charge is 0.393 e. The summed E-state index contributed by atoms with van der Waals surface area (Å²) in [5.74, 6) is 0.358. The highest BCUT2D eigenvalue weighted by Gasteiger charge is 2.26. The van der Waals surface area contributed by atoms with Gasteiger partial charge in [-0.3, -0.25) is 9.69 Å². The van der Waals surface area contributed by atoms with E-state index >= 15 is 0 Å². The van der Waals surface area contributed by atoms with Crippen molar-refractivity contribution in [1.82, 2.24) is 10.2 Å². The molecule has 0 saturated carbocycles. The number of nitrogens with zero attached hydrogens (tertiary/aromatic N) is 1. The van der Waals surface area contributed by atoms with Crippen LogP contribution in [0.15, 0.2) is 15.9 Å². The Hall–Kier alpha value is -0.430. The third kappa shape index (κ3) is 4.56. The van der Waals surface area contributed by atoms with E-state index in [2.05, 4.69) is 26.1 Å². The first-order chi connectivity index (χ1) is 9.04. The summed E-state index contributed by atoms with van der Waals surface area (Å²) in [7, 11) is 0. The first-order valence-corrected chi connectivity index (χ1v) is 8.12. The molecule has 1 aliphatic rings. The van der Waals surface area contributed by atoms with E-state index < -0.39 is 0 Å². The molecule has 2 unspecified atom stereocenters. The summed E-state index contributed by atoms with van der Waals surface area (Å²) in [6.07, 6.45) is 0.694. The van der Waals surface area contributed by atoms with Gasteiger partial charge in [0.25, 0.3) is 0 Å². The fourth-order valence-electron chi connectivity index (χ4n) is 2.29. The lowest BCUT2D eigenvalue weighted by molar-refractivity contribution is -0.122. The zero-order valence-corrected chi connectivity index (χ0v) is 13.3. The Labute approximate surface area is 125 Å². The van der Waals surface area contributed by atoms with Crippen LogP contribution in [-0.2, 0) is 11.3 Å². The van der Waals surface area contributed by atoms with Gasteiger partial charge in [-0.15, -0.1) is 11.3 Å². The van der Waals surface area contributed by atoms with Crippen LogP contribution in [-0.4, -0.2) is 41.7 Å². The number of carbonyl (C=O) groups excluding carboxylic acids is 1. The van der Waals surface area contributed by atoms with Crippen molar-refractivity contribution in [2.45, 2.75) is 26.0 Å². The summed E-state index contributed by atoms with van der Waals surface area (Å²) in [4.78, 5) is 15.1. The standard InChI is InChI=1S/C13H19BrN2O2S/c1-9(17)10-2-3-16(6-10)7-13(18)15-5-12-4-11(14)8-19-12/h4,8-10,17H,2-3,5-7H2,1H3,(H,15,18). The molecule has 1 fully saturated rings. The molecule has 0 aromatic carbocycles. The van der Waals surface area contributed by atoms with E-state index in [-0.39, 0.29) is 12.0 Å². The third-order valence-electron chi connectivity index (χ3n) is 3.44. The average Bonchev–Trinajstić information content (AvgIpc) is 2.96. The molecular weight excluding hydrogens is 328 g/mol. The first-order valence-electron chi connectivity index (χ1n) is 6.44. The second-order valence-corrected chi connectivity index (χ2v) is 6.94. The van der Waals surface area contributed by atoms with Crippen molar-refractivity contribution >= 4 is 33.2 Å². The van der Waals surface area contributed by atoms with E-state index in [1.54, 1.807) is 11.3 Å². The fraction of sp³-hybridized carbons (Fsp3) is 0.615. The highest BCUT2D eigenvalue weighted by Crippen LogP contribution is 2.20. The van der Waals surface area contributed by atoms with Gasteiger partial charge in [0.15, 0.2) is 0 Å². The minimum absolute atomic E-state index is 0.0516. The summed E-state index contributed by atoms with van der Waals surface area (Å²) >= 11 is 5.03. The van der Waals surface area contributed by atoms with Crippen LogP contribution in [0.2, 0.25) is 0 Å². The third-order valence-corrected chi connectivity index (χ3v) is 5.14. The van der Waals surface area contributed by atoms with Crippen molar-refractivity contribution in [2.75, 3.05) is 19.6 Å². The van der Waals surface area contributed by atoms with Gasteiger partial charge in [0.1, 0.15) is 0 Å². The van der Waals surface area contributed by atoms with Gasteiger partial charge in [0.05, 0.1) is 19.2 Å². The Morgan fingerprint density at radius 1 is 1.74 bits per heavy atom. The molecule has 1 aliphatic heterocycles. The number of nitrogens with one attached hydrogen (secondary N) is 1. The van der Waals surface area contributed by atoms with Crippen LogP contribution in [0.3, 0.4) is 0 Å². The monoisotopic (exact) mass is 346 g/mol. The molecule has 2 heterocycles. The molecule has 0 spiro atoms. The van der Waals surface area contributed by atoms with E-state index in [0.717, 1.165) is 28.9 Å². The minimum atomic E-state index is -0.281. The Bertz CT molecular complexity index is 436. The van der Waals surface area contributed by atoms with Crippen molar-refractivity contribution in [3.63, 3.8) is 0 Å². The molecule has 0 aliphatic carbocycles. The number of halogens is 1. The number of thiophene rings is 1. The summed E-state index contributed by atoms with van der Waals surface area (Å²) in [5, 5.41) is 14.5. The quantitative estimate of drug-likeness (QED) is 0.855. The van der Waals surface area contributed by atoms with Crippen LogP contribution in [0.5, 0.6) is 0 Å². The van der Waals surface area contributed by atoms with Gasteiger partial charge in [-0.25, -0.2) is 0 Å². The molecule has 4 nitrogen and oxygen atoms in total. The van der Waals surface area contributed by atoms with Gasteiger partial charge < -0.3 is 10.4 Å². The molecule has 6 heteroatoms. The highest BCUT2D eigenvalue weighted by atomic mass is 79.9. The maximum absolute atomic E-state index is 11.8. The Balaban J connectivity index is 1.70. The Kier molecular flexibility index (Phi) is 5.38. The van der Waals surface area contributed by atoms with E-state index in [1.165, 1.54) is 0 Å². The second-order valence-electron chi connectivity index (χ2n) is 5.03. The molecule has 2 rings (SSSR count). The summed E-state index contributed by atoms with van der Waals surface area (Å²) in [6, 6.07) is 2.02. The van der Waals surface area contributed by atoms with Crippen molar-refractivity contribution in [2.24, 2.45) is 5.92 Å². The normalized spacial score (nSPS) is 21.5. The number of aliphatic hydroxyl groups excluding tert-OH is 1. The summed E-state index contributed by atoms with van der Waals surface area (Å²) in [5.41, 5.74) is 0. The number of aliphatic hydroxyl groups is 1. The molecule has 19 heavy (non-hydrogen) atoms. The molecule has 1 amide bonds. The fourth-order valence-corrected chi connectivity index (χ4v) is 3.68. The molecule has 1 aromatic rings. The van der Waals surface area contributed by atoms with Crippen LogP contribution >= 0.6 is 27.3 Å². The van der Waals surface area contributed by atoms with Crippen LogP contribution in [0.25, 0.3) is 0 Å². The molecule has 2 atom stereocenters. The number of amides is 1. The Morgan fingerprint density at radius 3 is 3.11 bits per heavy atom. The molecule has 2 N–H and O–H groups in total. The van der Waals surface area contributed by atoms with Crippen molar-refractivity contribution in [3.8, 4) is 0 Å². The lowest BCUT2D eigenvalue weighted by Crippen LogP contribution is -2.36.